The van der Waals surface area contributed by atoms with Gasteiger partial charge in [-0.2, -0.15) is 0 Å². The predicted octanol–water partition coefficient (Wildman–Crippen LogP) is 0.917. The van der Waals surface area contributed by atoms with Crippen LogP contribution in [0.3, 0.4) is 0 Å². The van der Waals surface area contributed by atoms with Crippen molar-refractivity contribution in [2.45, 2.75) is 38.6 Å². The zero-order chi connectivity index (χ0) is 11.8. The highest BCUT2D eigenvalue weighted by molar-refractivity contribution is 5.78. The zero-order valence-corrected chi connectivity index (χ0v) is 10.4. The lowest BCUT2D eigenvalue weighted by molar-refractivity contribution is -0.121. The Labute approximate surface area is 98.1 Å². The summed E-state index contributed by atoms with van der Waals surface area (Å²) in [7, 11) is 1.64. The average Bonchev–Trinajstić information content (AvgIpc) is 3.01. The van der Waals surface area contributed by atoms with Crippen molar-refractivity contribution < 1.29 is 9.53 Å². The molecule has 0 heterocycles. The molecule has 2 N–H and O–H groups in total. The van der Waals surface area contributed by atoms with Gasteiger partial charge in [-0.3, -0.25) is 4.79 Å². The van der Waals surface area contributed by atoms with Crippen molar-refractivity contribution in [2.24, 2.45) is 5.92 Å². The molecule has 1 aliphatic carbocycles. The van der Waals surface area contributed by atoms with Crippen molar-refractivity contribution in [3.8, 4) is 0 Å². The van der Waals surface area contributed by atoms with E-state index >= 15 is 0 Å². The average molecular weight is 228 g/mol. The van der Waals surface area contributed by atoms with Crippen LogP contribution in [0.5, 0.6) is 0 Å². The van der Waals surface area contributed by atoms with Gasteiger partial charge in [-0.1, -0.05) is 12.8 Å². The molecule has 1 fully saturated rings. The van der Waals surface area contributed by atoms with Gasteiger partial charge in [0.15, 0.2) is 0 Å². The summed E-state index contributed by atoms with van der Waals surface area (Å²) in [6.07, 6.45) is 5.32. The summed E-state index contributed by atoms with van der Waals surface area (Å²) in [6, 6.07) is 0.0887. The van der Waals surface area contributed by atoms with E-state index in [0.717, 1.165) is 12.5 Å². The summed E-state index contributed by atoms with van der Waals surface area (Å²) in [6.45, 7) is 3.86. The molecule has 1 aliphatic rings. The van der Waals surface area contributed by atoms with Crippen LogP contribution in [0.1, 0.15) is 32.6 Å². The van der Waals surface area contributed by atoms with Gasteiger partial charge in [0.05, 0.1) is 13.2 Å². The summed E-state index contributed by atoms with van der Waals surface area (Å²) in [4.78, 5) is 11.4. The molecule has 0 aromatic rings. The highest BCUT2D eigenvalue weighted by atomic mass is 16.5. The quantitative estimate of drug-likeness (QED) is 0.577. The van der Waals surface area contributed by atoms with E-state index in [0.29, 0.717) is 13.2 Å². The Morgan fingerprint density at radius 3 is 2.88 bits per heavy atom. The molecule has 0 spiro atoms. The molecule has 0 aliphatic heterocycles. The molecule has 4 heteroatoms. The maximum absolute atomic E-state index is 11.4. The minimum Gasteiger partial charge on any atom is -0.383 e. The first-order valence-electron chi connectivity index (χ1n) is 6.21. The standard InChI is InChI=1S/C12H24N2O2/c1-10(9-16-2)14-12(15)8-13-7-3-4-11-5-6-11/h10-11,13H,3-9H2,1-2H3,(H,14,15). The number of amides is 1. The number of hydrogen-bond acceptors (Lipinski definition) is 3. The third-order valence-corrected chi connectivity index (χ3v) is 2.77. The van der Waals surface area contributed by atoms with Crippen molar-refractivity contribution in [1.29, 1.82) is 0 Å². The first-order chi connectivity index (χ1) is 7.72. The minimum absolute atomic E-state index is 0.0518. The Balaban J connectivity index is 1.88. The Bertz CT molecular complexity index is 205. The summed E-state index contributed by atoms with van der Waals surface area (Å²) in [5.74, 6) is 1.04. The van der Waals surface area contributed by atoms with Crippen LogP contribution in [-0.4, -0.2) is 38.8 Å². The SMILES string of the molecule is COCC(C)NC(=O)CNCCCC1CC1. The van der Waals surface area contributed by atoms with Crippen LogP contribution in [-0.2, 0) is 9.53 Å². The highest BCUT2D eigenvalue weighted by Gasteiger charge is 2.19. The van der Waals surface area contributed by atoms with E-state index in [-0.39, 0.29) is 11.9 Å². The fourth-order valence-corrected chi connectivity index (χ4v) is 1.74. The van der Waals surface area contributed by atoms with Gasteiger partial charge < -0.3 is 15.4 Å². The monoisotopic (exact) mass is 228 g/mol. The van der Waals surface area contributed by atoms with Gasteiger partial charge in [-0.15, -0.1) is 0 Å². The van der Waals surface area contributed by atoms with Crippen LogP contribution >= 0.6 is 0 Å². The molecule has 0 aromatic heterocycles. The van der Waals surface area contributed by atoms with Gasteiger partial charge in [0.25, 0.3) is 0 Å². The fraction of sp³-hybridized carbons (Fsp3) is 0.917. The third-order valence-electron chi connectivity index (χ3n) is 2.77. The summed E-state index contributed by atoms with van der Waals surface area (Å²) >= 11 is 0. The van der Waals surface area contributed by atoms with Crippen LogP contribution in [0.4, 0.5) is 0 Å². The Hall–Kier alpha value is -0.610. The van der Waals surface area contributed by atoms with E-state index in [1.807, 2.05) is 6.92 Å². The van der Waals surface area contributed by atoms with Gasteiger partial charge in [-0.05, 0) is 32.2 Å². The smallest absolute Gasteiger partial charge is 0.234 e. The van der Waals surface area contributed by atoms with Crippen LogP contribution in [0.15, 0.2) is 0 Å². The number of carbonyl (C=O) groups excluding carboxylic acids is 1. The molecular formula is C12H24N2O2. The lowest BCUT2D eigenvalue weighted by Crippen LogP contribution is -2.41. The molecule has 0 aromatic carbocycles. The molecule has 4 nitrogen and oxygen atoms in total. The summed E-state index contributed by atoms with van der Waals surface area (Å²) in [5, 5.41) is 6.03. The number of carbonyl (C=O) groups is 1. The number of ether oxygens (including phenoxy) is 1. The topological polar surface area (TPSA) is 50.4 Å². The van der Waals surface area contributed by atoms with E-state index in [1.165, 1.54) is 25.7 Å². The van der Waals surface area contributed by atoms with Gasteiger partial charge in [0, 0.05) is 13.2 Å². The summed E-state index contributed by atoms with van der Waals surface area (Å²) in [5.41, 5.74) is 0. The lowest BCUT2D eigenvalue weighted by atomic mass is 10.2. The van der Waals surface area contributed by atoms with E-state index in [4.69, 9.17) is 4.74 Å². The molecule has 16 heavy (non-hydrogen) atoms. The minimum atomic E-state index is 0.0518. The first-order valence-corrected chi connectivity index (χ1v) is 6.21. The zero-order valence-electron chi connectivity index (χ0n) is 10.4. The first kappa shape index (κ1) is 13.5. The van der Waals surface area contributed by atoms with E-state index < -0.39 is 0 Å². The second-order valence-corrected chi connectivity index (χ2v) is 4.69. The highest BCUT2D eigenvalue weighted by Crippen LogP contribution is 2.33. The summed E-state index contributed by atoms with van der Waals surface area (Å²) < 4.78 is 4.95. The largest absolute Gasteiger partial charge is 0.383 e. The number of hydrogen-bond donors (Lipinski definition) is 2. The molecule has 1 unspecified atom stereocenters. The van der Waals surface area contributed by atoms with Gasteiger partial charge in [-0.25, -0.2) is 0 Å². The molecule has 94 valence electrons. The van der Waals surface area contributed by atoms with Crippen LogP contribution in [0.25, 0.3) is 0 Å². The normalized spacial score (nSPS) is 17.1. The second-order valence-electron chi connectivity index (χ2n) is 4.69. The maximum Gasteiger partial charge on any atom is 0.234 e. The Kier molecular flexibility index (Phi) is 6.42. The van der Waals surface area contributed by atoms with Crippen molar-refractivity contribution in [3.63, 3.8) is 0 Å². The Morgan fingerprint density at radius 2 is 2.25 bits per heavy atom. The van der Waals surface area contributed by atoms with E-state index in [9.17, 15) is 4.79 Å². The van der Waals surface area contributed by atoms with Crippen molar-refractivity contribution >= 4 is 5.91 Å². The van der Waals surface area contributed by atoms with Crippen LogP contribution in [0.2, 0.25) is 0 Å². The maximum atomic E-state index is 11.4. The number of rotatable bonds is 9. The molecular weight excluding hydrogens is 204 g/mol. The van der Waals surface area contributed by atoms with Gasteiger partial charge >= 0.3 is 0 Å². The van der Waals surface area contributed by atoms with Gasteiger partial charge in [0.2, 0.25) is 5.91 Å². The number of methoxy groups -OCH3 is 1. The van der Waals surface area contributed by atoms with Crippen molar-refractivity contribution in [3.05, 3.63) is 0 Å². The lowest BCUT2D eigenvalue weighted by Gasteiger charge is -2.12. The molecule has 1 saturated carbocycles. The predicted molar refractivity (Wildman–Crippen MR) is 64.3 cm³/mol. The molecule has 0 bridgehead atoms. The second kappa shape index (κ2) is 7.63. The number of nitrogens with one attached hydrogen (secondary N) is 2. The Morgan fingerprint density at radius 1 is 1.50 bits per heavy atom. The van der Waals surface area contributed by atoms with E-state index in [2.05, 4.69) is 10.6 Å². The van der Waals surface area contributed by atoms with E-state index in [1.54, 1.807) is 7.11 Å². The van der Waals surface area contributed by atoms with Crippen LogP contribution < -0.4 is 10.6 Å². The molecule has 0 saturated heterocycles. The molecule has 1 rings (SSSR count). The molecule has 1 amide bonds. The molecule has 1 atom stereocenters. The fourth-order valence-electron chi connectivity index (χ4n) is 1.74. The van der Waals surface area contributed by atoms with Gasteiger partial charge in [0.1, 0.15) is 0 Å². The molecule has 0 radical (unpaired) electrons. The third kappa shape index (κ3) is 6.80. The van der Waals surface area contributed by atoms with Crippen molar-refractivity contribution in [2.75, 3.05) is 26.8 Å². The van der Waals surface area contributed by atoms with Crippen molar-refractivity contribution in [1.82, 2.24) is 10.6 Å². The van der Waals surface area contributed by atoms with Crippen LogP contribution in [0, 0.1) is 5.92 Å².